The Kier molecular flexibility index (Phi) is 8.41. The Morgan fingerprint density at radius 3 is 1.75 bits per heavy atom. The highest BCUT2D eigenvalue weighted by atomic mass is 32.3. The molecule has 0 N–H and O–H groups in total. The third-order valence-electron chi connectivity index (χ3n) is 11.0. The van der Waals surface area contributed by atoms with Crippen LogP contribution >= 0.6 is 10.0 Å². The molecule has 0 amide bonds. The maximum atomic E-state index is 2.59. The summed E-state index contributed by atoms with van der Waals surface area (Å²) in [4.78, 5) is 5.38. The molecule has 0 saturated heterocycles. The first-order valence-corrected chi connectivity index (χ1v) is 20.2. The van der Waals surface area contributed by atoms with Crippen molar-refractivity contribution in [2.75, 3.05) is 0 Å². The molecule has 0 fully saturated rings. The molecule has 0 saturated carbocycles. The number of benzene rings is 7. The third-order valence-corrected chi connectivity index (χ3v) is 14.9. The van der Waals surface area contributed by atoms with Crippen LogP contribution in [0.25, 0.3) is 38.6 Å². The van der Waals surface area contributed by atoms with Crippen molar-refractivity contribution in [3.05, 3.63) is 200 Å². The lowest BCUT2D eigenvalue weighted by Gasteiger charge is -2.43. The number of hydrogen-bond donors (Lipinski definition) is 0. The van der Waals surface area contributed by atoms with E-state index in [1.54, 1.807) is 0 Å². The Morgan fingerprint density at radius 1 is 0.462 bits per heavy atom. The fourth-order valence-electron chi connectivity index (χ4n) is 8.50. The molecule has 52 heavy (non-hydrogen) atoms. The molecule has 0 bridgehead atoms. The van der Waals surface area contributed by atoms with Gasteiger partial charge in [0, 0.05) is 36.0 Å². The molecule has 1 aliphatic carbocycles. The van der Waals surface area contributed by atoms with Crippen molar-refractivity contribution in [1.82, 2.24) is 4.57 Å². The minimum atomic E-state index is -1.99. The van der Waals surface area contributed by atoms with E-state index in [9.17, 15) is 0 Å². The second-order valence-corrected chi connectivity index (χ2v) is 17.4. The molecule has 1 aromatic heterocycles. The van der Waals surface area contributed by atoms with Crippen molar-refractivity contribution >= 4 is 31.8 Å². The van der Waals surface area contributed by atoms with Gasteiger partial charge in [0.1, 0.15) is 0 Å². The summed E-state index contributed by atoms with van der Waals surface area (Å²) in [6, 6.07) is 68.2. The Balaban J connectivity index is 1.41. The Hall–Kier alpha value is -5.57. The summed E-state index contributed by atoms with van der Waals surface area (Å²) in [5, 5.41) is 2.54. The summed E-state index contributed by atoms with van der Waals surface area (Å²) in [5.74, 6) is 1.45. The number of fused-ring (bicyclic) bond motifs is 3. The molecule has 3 unspecified atom stereocenters. The number of allylic oxidation sites excluding steroid dienone is 2. The number of hydrogen-bond acceptors (Lipinski definition) is 0. The fraction of sp³-hybridized carbons (Fsp3) is 0.120. The first-order valence-electron chi connectivity index (χ1n) is 18.5. The van der Waals surface area contributed by atoms with E-state index in [1.165, 1.54) is 63.8 Å². The molecular formula is C50H43NS. The molecule has 1 nitrogen and oxygen atoms in total. The van der Waals surface area contributed by atoms with Gasteiger partial charge in [0.2, 0.25) is 0 Å². The minimum absolute atomic E-state index is 0.439. The summed E-state index contributed by atoms with van der Waals surface area (Å²) in [6.45, 7) is 4.76. The molecule has 0 aliphatic heterocycles. The molecule has 254 valence electrons. The number of nitrogens with zero attached hydrogens (tertiary/aromatic N) is 1. The number of aromatic nitrogens is 1. The molecule has 0 spiro atoms. The van der Waals surface area contributed by atoms with E-state index in [1.807, 2.05) is 0 Å². The average Bonchev–Trinajstić information content (AvgIpc) is 3.54. The summed E-state index contributed by atoms with van der Waals surface area (Å²) >= 11 is 0. The standard InChI is InChI=1S/C50H43NS/c1-36-27-28-37(2)48(31-36)40-32-39(38-17-7-3-8-18-38)33-45(34-40)52(42-21-11-5-12-22-42,43-23-13-6-14-24-43)44-29-30-47-46-25-15-16-26-49(46)51(50(47)35-44)41-19-9-4-10-20-41/h3-30,32-37,48H,31H2,1-2H3. The zero-order chi connectivity index (χ0) is 35.1. The van der Waals surface area contributed by atoms with Gasteiger partial charge in [-0.25, -0.2) is 0 Å². The summed E-state index contributed by atoms with van der Waals surface area (Å²) in [5.41, 5.74) is 7.60. The molecule has 9 rings (SSSR count). The lowest BCUT2D eigenvalue weighted by molar-refractivity contribution is 0.430. The smallest absolute Gasteiger partial charge is 0.0552 e. The molecular weight excluding hydrogens is 647 g/mol. The van der Waals surface area contributed by atoms with Crippen LogP contribution in [0.3, 0.4) is 0 Å². The highest BCUT2D eigenvalue weighted by Gasteiger charge is 2.36. The average molecular weight is 690 g/mol. The second kappa shape index (κ2) is 13.5. The zero-order valence-corrected chi connectivity index (χ0v) is 30.6. The Morgan fingerprint density at radius 2 is 1.06 bits per heavy atom. The summed E-state index contributed by atoms with van der Waals surface area (Å²) < 4.78 is 2.46. The highest BCUT2D eigenvalue weighted by Crippen LogP contribution is 2.74. The predicted molar refractivity (Wildman–Crippen MR) is 221 cm³/mol. The van der Waals surface area contributed by atoms with E-state index in [0.717, 1.165) is 6.42 Å². The Labute approximate surface area is 309 Å². The van der Waals surface area contributed by atoms with Crippen LogP contribution in [-0.2, 0) is 0 Å². The second-order valence-electron chi connectivity index (χ2n) is 14.3. The van der Waals surface area contributed by atoms with Gasteiger partial charge in [-0.05, 0) is 108 Å². The van der Waals surface area contributed by atoms with Gasteiger partial charge >= 0.3 is 0 Å². The van der Waals surface area contributed by atoms with E-state index >= 15 is 0 Å². The largest absolute Gasteiger partial charge is 0.309 e. The predicted octanol–water partition coefficient (Wildman–Crippen LogP) is 14.1. The van der Waals surface area contributed by atoms with Crippen LogP contribution in [0.2, 0.25) is 0 Å². The van der Waals surface area contributed by atoms with Gasteiger partial charge in [-0.1, -0.05) is 141 Å². The van der Waals surface area contributed by atoms with Crippen LogP contribution in [0.4, 0.5) is 0 Å². The van der Waals surface area contributed by atoms with Crippen molar-refractivity contribution in [1.29, 1.82) is 0 Å². The van der Waals surface area contributed by atoms with E-state index < -0.39 is 10.0 Å². The van der Waals surface area contributed by atoms with Gasteiger partial charge < -0.3 is 4.57 Å². The van der Waals surface area contributed by atoms with E-state index in [-0.39, 0.29) is 0 Å². The van der Waals surface area contributed by atoms with Crippen molar-refractivity contribution in [3.63, 3.8) is 0 Å². The monoisotopic (exact) mass is 689 g/mol. The van der Waals surface area contributed by atoms with E-state index in [2.05, 4.69) is 213 Å². The van der Waals surface area contributed by atoms with Crippen LogP contribution in [0.15, 0.2) is 214 Å². The van der Waals surface area contributed by atoms with Gasteiger partial charge in [0.15, 0.2) is 0 Å². The van der Waals surface area contributed by atoms with Crippen molar-refractivity contribution in [2.45, 2.75) is 45.8 Å². The van der Waals surface area contributed by atoms with Crippen LogP contribution < -0.4 is 0 Å². The lowest BCUT2D eigenvalue weighted by Crippen LogP contribution is -2.16. The third kappa shape index (κ3) is 5.50. The molecule has 2 heteroatoms. The van der Waals surface area contributed by atoms with Gasteiger partial charge in [-0.15, -0.1) is 10.0 Å². The van der Waals surface area contributed by atoms with E-state index in [0.29, 0.717) is 17.8 Å². The first kappa shape index (κ1) is 32.3. The molecule has 7 aromatic carbocycles. The molecule has 1 aliphatic rings. The van der Waals surface area contributed by atoms with Gasteiger partial charge in [-0.3, -0.25) is 0 Å². The SMILES string of the molecule is CC1C=CC(C)C(c2cc(-c3ccccc3)cc(S(c3ccccc3)(c3ccccc3)c3ccc4c5ccccc5n(-c5ccccc5)c4c3)c2)C1. The van der Waals surface area contributed by atoms with Crippen LogP contribution in [0, 0.1) is 11.8 Å². The molecule has 0 radical (unpaired) electrons. The highest BCUT2D eigenvalue weighted by molar-refractivity contribution is 8.34. The summed E-state index contributed by atoms with van der Waals surface area (Å²) in [6.07, 6.45) is 6.00. The first-order chi connectivity index (χ1) is 25.6. The van der Waals surface area contributed by atoms with Crippen molar-refractivity contribution in [2.24, 2.45) is 11.8 Å². The maximum Gasteiger partial charge on any atom is 0.0552 e. The molecule has 8 aromatic rings. The Bertz CT molecular complexity index is 2480. The van der Waals surface area contributed by atoms with Crippen LogP contribution in [-0.4, -0.2) is 4.57 Å². The normalized spacial score (nSPS) is 17.8. The number of para-hydroxylation sites is 2. The molecule has 1 heterocycles. The quantitative estimate of drug-likeness (QED) is 0.147. The van der Waals surface area contributed by atoms with Gasteiger partial charge in [0.05, 0.1) is 11.0 Å². The van der Waals surface area contributed by atoms with Crippen LogP contribution in [0.1, 0.15) is 31.7 Å². The van der Waals surface area contributed by atoms with Crippen molar-refractivity contribution < 1.29 is 0 Å². The number of rotatable bonds is 7. The van der Waals surface area contributed by atoms with E-state index in [4.69, 9.17) is 0 Å². The topological polar surface area (TPSA) is 4.93 Å². The lowest BCUT2D eigenvalue weighted by atomic mass is 9.76. The van der Waals surface area contributed by atoms with Crippen molar-refractivity contribution in [3.8, 4) is 16.8 Å². The van der Waals surface area contributed by atoms with Gasteiger partial charge in [-0.2, -0.15) is 0 Å². The fourth-order valence-corrected chi connectivity index (χ4v) is 12.4. The summed E-state index contributed by atoms with van der Waals surface area (Å²) in [7, 11) is -1.99. The minimum Gasteiger partial charge on any atom is -0.309 e. The van der Waals surface area contributed by atoms with Gasteiger partial charge in [0.25, 0.3) is 0 Å². The maximum absolute atomic E-state index is 2.59. The van der Waals surface area contributed by atoms with Crippen LogP contribution in [0.5, 0.6) is 0 Å². The molecule has 3 atom stereocenters. The zero-order valence-electron chi connectivity index (χ0n) is 29.8.